The van der Waals surface area contributed by atoms with E-state index < -0.39 is 0 Å². The Morgan fingerprint density at radius 3 is 2.62 bits per heavy atom. The van der Waals surface area contributed by atoms with Gasteiger partial charge < -0.3 is 15.2 Å². The molecule has 0 unspecified atom stereocenters. The quantitative estimate of drug-likeness (QED) is 0.418. The molecule has 0 spiro atoms. The van der Waals surface area contributed by atoms with Crippen molar-refractivity contribution in [1.29, 1.82) is 5.26 Å². The lowest BCUT2D eigenvalue weighted by atomic mass is 10.2. The molecule has 2 N–H and O–H groups in total. The average molecular weight is 459 g/mol. The molecule has 0 fully saturated rings. The molecular formula is C15H12BrIN2O2. The van der Waals surface area contributed by atoms with Gasteiger partial charge >= 0.3 is 0 Å². The summed E-state index contributed by atoms with van der Waals surface area (Å²) in [5, 5.41) is 8.87. The number of anilines is 1. The lowest BCUT2D eigenvalue weighted by Crippen LogP contribution is -2.11. The maximum absolute atomic E-state index is 8.87. The number of nitrogen functional groups attached to an aromatic ring is 1. The Bertz CT molecular complexity index is 663. The Hall–Kier alpha value is -1.46. The number of ether oxygens (including phenoxy) is 2. The highest BCUT2D eigenvalue weighted by Gasteiger charge is 2.08. The predicted octanol–water partition coefficient (Wildman–Crippen LogP) is 3.97. The van der Waals surface area contributed by atoms with E-state index in [0.29, 0.717) is 30.2 Å². The molecule has 0 heterocycles. The topological polar surface area (TPSA) is 68.3 Å². The molecule has 0 bridgehead atoms. The van der Waals surface area contributed by atoms with Gasteiger partial charge in [0.15, 0.2) is 5.75 Å². The Kier molecular flexibility index (Phi) is 5.70. The minimum Gasteiger partial charge on any atom is -0.490 e. The molecule has 108 valence electrons. The first kappa shape index (κ1) is 15.9. The molecule has 0 atom stereocenters. The van der Waals surface area contributed by atoms with Crippen molar-refractivity contribution in [3.8, 4) is 17.6 Å². The predicted molar refractivity (Wildman–Crippen MR) is 93.4 cm³/mol. The van der Waals surface area contributed by atoms with Crippen LogP contribution in [0.4, 0.5) is 5.69 Å². The van der Waals surface area contributed by atoms with Gasteiger partial charge in [0, 0.05) is 4.47 Å². The SMILES string of the molecule is N#Cc1cc(N)c(OCCOc2cccc(Br)c2)c(I)c1. The smallest absolute Gasteiger partial charge is 0.155 e. The van der Waals surface area contributed by atoms with Crippen molar-refractivity contribution in [3.63, 3.8) is 0 Å². The zero-order valence-electron chi connectivity index (χ0n) is 11.0. The van der Waals surface area contributed by atoms with Gasteiger partial charge in [0.25, 0.3) is 0 Å². The zero-order chi connectivity index (χ0) is 15.2. The summed E-state index contributed by atoms with van der Waals surface area (Å²) in [6.07, 6.45) is 0. The van der Waals surface area contributed by atoms with Crippen LogP contribution in [0.5, 0.6) is 11.5 Å². The molecule has 2 rings (SSSR count). The molecule has 2 aromatic rings. The number of nitrogens with zero attached hydrogens (tertiary/aromatic N) is 1. The van der Waals surface area contributed by atoms with Crippen molar-refractivity contribution in [3.05, 3.63) is 50.0 Å². The Balaban J connectivity index is 1.91. The largest absolute Gasteiger partial charge is 0.490 e. The summed E-state index contributed by atoms with van der Waals surface area (Å²) in [5.74, 6) is 1.36. The Morgan fingerprint density at radius 1 is 1.19 bits per heavy atom. The van der Waals surface area contributed by atoms with E-state index >= 15 is 0 Å². The van der Waals surface area contributed by atoms with E-state index in [0.717, 1.165) is 13.8 Å². The molecule has 6 heteroatoms. The van der Waals surface area contributed by atoms with Crippen LogP contribution in [0.25, 0.3) is 0 Å². The van der Waals surface area contributed by atoms with E-state index in [1.807, 2.05) is 24.3 Å². The minimum absolute atomic E-state index is 0.374. The number of rotatable bonds is 5. The van der Waals surface area contributed by atoms with E-state index in [1.165, 1.54) is 0 Å². The van der Waals surface area contributed by atoms with Crippen LogP contribution in [0, 0.1) is 14.9 Å². The number of nitriles is 1. The fourth-order valence-corrected chi connectivity index (χ4v) is 2.87. The number of nitrogens with two attached hydrogens (primary N) is 1. The monoisotopic (exact) mass is 458 g/mol. The van der Waals surface area contributed by atoms with Crippen LogP contribution in [0.2, 0.25) is 0 Å². The highest BCUT2D eigenvalue weighted by atomic mass is 127. The number of hydrogen-bond donors (Lipinski definition) is 1. The summed E-state index contributed by atoms with van der Waals surface area (Å²) in [7, 11) is 0. The van der Waals surface area contributed by atoms with Gasteiger partial charge in [0.2, 0.25) is 0 Å². The van der Waals surface area contributed by atoms with Crippen molar-refractivity contribution in [1.82, 2.24) is 0 Å². The summed E-state index contributed by atoms with van der Waals surface area (Å²) in [6.45, 7) is 0.782. The molecular weight excluding hydrogens is 447 g/mol. The lowest BCUT2D eigenvalue weighted by Gasteiger charge is -2.12. The summed E-state index contributed by atoms with van der Waals surface area (Å²) in [4.78, 5) is 0. The van der Waals surface area contributed by atoms with Crippen LogP contribution in [0.15, 0.2) is 40.9 Å². The normalized spacial score (nSPS) is 9.95. The lowest BCUT2D eigenvalue weighted by molar-refractivity contribution is 0.217. The van der Waals surface area contributed by atoms with Gasteiger partial charge in [-0.1, -0.05) is 22.0 Å². The third-order valence-corrected chi connectivity index (χ3v) is 3.89. The van der Waals surface area contributed by atoms with Crippen LogP contribution in [-0.2, 0) is 0 Å². The number of halogens is 2. The number of hydrogen-bond acceptors (Lipinski definition) is 4. The molecule has 0 aliphatic rings. The molecule has 0 amide bonds. The maximum atomic E-state index is 8.87. The third-order valence-electron chi connectivity index (χ3n) is 2.60. The van der Waals surface area contributed by atoms with Gasteiger partial charge in [-0.25, -0.2) is 0 Å². The fourth-order valence-electron chi connectivity index (χ4n) is 1.69. The van der Waals surface area contributed by atoms with Gasteiger partial charge in [0.05, 0.1) is 20.9 Å². The maximum Gasteiger partial charge on any atom is 0.155 e. The van der Waals surface area contributed by atoms with Crippen molar-refractivity contribution in [2.45, 2.75) is 0 Å². The first-order valence-electron chi connectivity index (χ1n) is 6.10. The summed E-state index contributed by atoms with van der Waals surface area (Å²) in [6, 6.07) is 13.0. The Labute approximate surface area is 145 Å². The van der Waals surface area contributed by atoms with E-state index in [1.54, 1.807) is 12.1 Å². The van der Waals surface area contributed by atoms with Crippen molar-refractivity contribution in [2.75, 3.05) is 18.9 Å². The van der Waals surface area contributed by atoms with E-state index in [9.17, 15) is 0 Å². The van der Waals surface area contributed by atoms with Crippen LogP contribution in [0.1, 0.15) is 5.56 Å². The summed E-state index contributed by atoms with van der Waals surface area (Å²) >= 11 is 5.48. The van der Waals surface area contributed by atoms with Gasteiger partial charge in [-0.2, -0.15) is 5.26 Å². The first-order valence-corrected chi connectivity index (χ1v) is 7.97. The van der Waals surface area contributed by atoms with Crippen LogP contribution < -0.4 is 15.2 Å². The molecule has 0 aliphatic carbocycles. The minimum atomic E-state index is 0.374. The van der Waals surface area contributed by atoms with Crippen LogP contribution in [-0.4, -0.2) is 13.2 Å². The van der Waals surface area contributed by atoms with Crippen molar-refractivity contribution >= 4 is 44.2 Å². The van der Waals surface area contributed by atoms with Crippen molar-refractivity contribution in [2.24, 2.45) is 0 Å². The summed E-state index contributed by atoms with van der Waals surface area (Å²) < 4.78 is 13.0. The molecule has 2 aromatic carbocycles. The fraction of sp³-hybridized carbons (Fsp3) is 0.133. The van der Waals surface area contributed by atoms with Crippen LogP contribution in [0.3, 0.4) is 0 Å². The van der Waals surface area contributed by atoms with Gasteiger partial charge in [0.1, 0.15) is 19.0 Å². The second kappa shape index (κ2) is 7.52. The van der Waals surface area contributed by atoms with E-state index in [4.69, 9.17) is 20.5 Å². The highest BCUT2D eigenvalue weighted by Crippen LogP contribution is 2.29. The molecule has 0 radical (unpaired) electrons. The van der Waals surface area contributed by atoms with Crippen molar-refractivity contribution < 1.29 is 9.47 Å². The standard InChI is InChI=1S/C15H12BrIN2O2/c16-11-2-1-3-12(8-11)20-4-5-21-15-13(17)6-10(9-18)7-14(15)19/h1-3,6-8H,4-5,19H2. The van der Waals surface area contributed by atoms with Gasteiger partial charge in [-0.15, -0.1) is 0 Å². The second-order valence-corrected chi connectivity index (χ2v) is 6.22. The van der Waals surface area contributed by atoms with E-state index in [-0.39, 0.29) is 0 Å². The molecule has 4 nitrogen and oxygen atoms in total. The molecule has 0 aromatic heterocycles. The van der Waals surface area contributed by atoms with E-state index in [2.05, 4.69) is 44.6 Å². The summed E-state index contributed by atoms with van der Waals surface area (Å²) in [5.41, 5.74) is 6.87. The molecule has 21 heavy (non-hydrogen) atoms. The van der Waals surface area contributed by atoms with Gasteiger partial charge in [-0.3, -0.25) is 0 Å². The zero-order valence-corrected chi connectivity index (χ0v) is 14.7. The molecule has 0 aliphatic heterocycles. The van der Waals surface area contributed by atoms with Crippen LogP contribution >= 0.6 is 38.5 Å². The Morgan fingerprint density at radius 2 is 1.95 bits per heavy atom. The highest BCUT2D eigenvalue weighted by molar-refractivity contribution is 14.1. The average Bonchev–Trinajstić information content (AvgIpc) is 2.45. The molecule has 0 saturated heterocycles. The second-order valence-electron chi connectivity index (χ2n) is 4.14. The van der Waals surface area contributed by atoms with Gasteiger partial charge in [-0.05, 0) is 52.9 Å². The number of benzene rings is 2. The first-order chi connectivity index (χ1) is 10.1. The third kappa shape index (κ3) is 4.51. The molecule has 0 saturated carbocycles.